The fraction of sp³-hybridized carbons (Fsp3) is 0.625. The van der Waals surface area contributed by atoms with Crippen LogP contribution in [0.4, 0.5) is 0 Å². The van der Waals surface area contributed by atoms with Gasteiger partial charge in [-0.3, -0.25) is 4.79 Å². The molecule has 0 fully saturated rings. The predicted octanol–water partition coefficient (Wildman–Crippen LogP) is 1.03. The van der Waals surface area contributed by atoms with Gasteiger partial charge in [0.05, 0.1) is 0 Å². The highest BCUT2D eigenvalue weighted by Crippen LogP contribution is 2.26. The van der Waals surface area contributed by atoms with Gasteiger partial charge in [-0.1, -0.05) is 20.4 Å². The van der Waals surface area contributed by atoms with E-state index < -0.39 is 0 Å². The van der Waals surface area contributed by atoms with E-state index in [1.165, 1.54) is 0 Å². The zero-order valence-electron chi connectivity index (χ0n) is 6.61. The van der Waals surface area contributed by atoms with Crippen molar-refractivity contribution < 1.29 is 4.79 Å². The Kier molecular flexibility index (Phi) is 3.30. The minimum Gasteiger partial charge on any atom is -0.330 e. The van der Waals surface area contributed by atoms with Crippen molar-refractivity contribution in [2.24, 2.45) is 11.1 Å². The van der Waals surface area contributed by atoms with Crippen molar-refractivity contribution >= 4 is 6.29 Å². The van der Waals surface area contributed by atoms with Gasteiger partial charge in [-0.25, -0.2) is 0 Å². The molecule has 0 aliphatic rings. The monoisotopic (exact) mass is 140 g/mol. The predicted molar refractivity (Wildman–Crippen MR) is 42.3 cm³/mol. The maximum atomic E-state index is 10.2. The van der Waals surface area contributed by atoms with Gasteiger partial charge >= 0.3 is 0 Å². The fourth-order valence-corrected chi connectivity index (χ4v) is 0.650. The highest BCUT2D eigenvalue weighted by Gasteiger charge is 2.20. The number of hydrogen-bond acceptors (Lipinski definition) is 2. The highest BCUT2D eigenvalue weighted by atomic mass is 16.1. The molecule has 2 nitrogen and oxygen atoms in total. The fourth-order valence-electron chi connectivity index (χ4n) is 0.650. The third-order valence-electron chi connectivity index (χ3n) is 1.71. The van der Waals surface area contributed by atoms with E-state index in [-0.39, 0.29) is 5.41 Å². The maximum absolute atomic E-state index is 10.2. The zero-order valence-corrected chi connectivity index (χ0v) is 6.61. The number of hydrogen-bond donors (Lipinski definition) is 1. The first-order valence-corrected chi connectivity index (χ1v) is 3.32. The van der Waals surface area contributed by atoms with Gasteiger partial charge in [0, 0.05) is 5.57 Å². The van der Waals surface area contributed by atoms with E-state index >= 15 is 0 Å². The molecule has 0 amide bonds. The number of nitrogens with two attached hydrogens (primary N) is 1. The van der Waals surface area contributed by atoms with E-state index in [0.717, 1.165) is 6.42 Å². The van der Waals surface area contributed by atoms with Crippen LogP contribution in [0, 0.1) is 5.41 Å². The highest BCUT2D eigenvalue weighted by molar-refractivity contribution is 5.74. The van der Waals surface area contributed by atoms with Crippen LogP contribution in [0.2, 0.25) is 0 Å². The molecule has 0 unspecified atom stereocenters. The third-order valence-corrected chi connectivity index (χ3v) is 1.71. The van der Waals surface area contributed by atoms with Crippen molar-refractivity contribution in [3.63, 3.8) is 0 Å². The molecule has 10 heavy (non-hydrogen) atoms. The number of carbonyl (C=O) groups excluding carboxylic acids is 1. The van der Waals surface area contributed by atoms with Gasteiger partial charge in [-0.15, -0.1) is 0 Å². The van der Waals surface area contributed by atoms with Crippen molar-refractivity contribution in [1.82, 2.24) is 0 Å². The SMILES string of the molecule is C=C([C]=O)C(C)(C)CCN. The molecule has 0 aromatic rings. The first-order valence-electron chi connectivity index (χ1n) is 3.32. The maximum Gasteiger partial charge on any atom is 0.229 e. The van der Waals surface area contributed by atoms with E-state index in [2.05, 4.69) is 6.58 Å². The summed E-state index contributed by atoms with van der Waals surface area (Å²) in [5.41, 5.74) is 5.65. The molecule has 2 heteroatoms. The number of rotatable bonds is 4. The van der Waals surface area contributed by atoms with Crippen molar-refractivity contribution in [2.45, 2.75) is 20.3 Å². The summed E-state index contributed by atoms with van der Waals surface area (Å²) in [6.45, 7) is 8.04. The Bertz CT molecular complexity index is 138. The van der Waals surface area contributed by atoms with Crippen LogP contribution in [0.5, 0.6) is 0 Å². The lowest BCUT2D eigenvalue weighted by molar-refractivity contribution is 0.424. The second kappa shape index (κ2) is 3.52. The summed E-state index contributed by atoms with van der Waals surface area (Å²) in [6, 6.07) is 0. The molecule has 0 aliphatic carbocycles. The average molecular weight is 140 g/mol. The molecule has 1 radical (unpaired) electrons. The molecule has 0 aromatic carbocycles. The molecule has 0 bridgehead atoms. The van der Waals surface area contributed by atoms with Gasteiger partial charge in [0.15, 0.2) is 0 Å². The lowest BCUT2D eigenvalue weighted by Gasteiger charge is -2.21. The van der Waals surface area contributed by atoms with E-state index in [4.69, 9.17) is 5.73 Å². The molecule has 0 spiro atoms. The molecule has 0 aliphatic heterocycles. The summed E-state index contributed by atoms with van der Waals surface area (Å²) in [5.74, 6) is 0. The Morgan fingerprint density at radius 1 is 1.70 bits per heavy atom. The first kappa shape index (κ1) is 9.37. The summed E-state index contributed by atoms with van der Waals surface area (Å²) in [4.78, 5) is 10.2. The van der Waals surface area contributed by atoms with Crippen LogP contribution in [0.1, 0.15) is 20.3 Å². The first-order chi connectivity index (χ1) is 4.54. The second-order valence-corrected chi connectivity index (χ2v) is 3.00. The van der Waals surface area contributed by atoms with E-state index in [1.54, 1.807) is 6.29 Å². The minimum absolute atomic E-state index is 0.184. The van der Waals surface area contributed by atoms with Gasteiger partial charge < -0.3 is 5.73 Å². The van der Waals surface area contributed by atoms with E-state index in [1.807, 2.05) is 13.8 Å². The van der Waals surface area contributed by atoms with Crippen molar-refractivity contribution in [2.75, 3.05) is 6.54 Å². The third kappa shape index (κ3) is 2.31. The molecule has 0 atom stereocenters. The molecular weight excluding hydrogens is 126 g/mol. The van der Waals surface area contributed by atoms with Crippen LogP contribution < -0.4 is 5.73 Å². The summed E-state index contributed by atoms with van der Waals surface area (Å²) in [5, 5.41) is 0. The Balaban J connectivity index is 4.08. The number of allylic oxidation sites excluding steroid dienone is 1. The Morgan fingerprint density at radius 3 is 2.50 bits per heavy atom. The Hall–Kier alpha value is -0.630. The smallest absolute Gasteiger partial charge is 0.229 e. The average Bonchev–Trinajstić information content (AvgIpc) is 1.86. The standard InChI is InChI=1S/C8H14NO/c1-7(6-10)8(2,3)4-5-9/h1,4-5,9H2,2-3H3. The van der Waals surface area contributed by atoms with Crippen LogP contribution in [0.15, 0.2) is 12.2 Å². The van der Waals surface area contributed by atoms with E-state index in [9.17, 15) is 4.79 Å². The van der Waals surface area contributed by atoms with Crippen LogP contribution in [-0.4, -0.2) is 12.8 Å². The lowest BCUT2D eigenvalue weighted by Crippen LogP contribution is -2.19. The molecule has 0 aromatic heterocycles. The Morgan fingerprint density at radius 2 is 2.20 bits per heavy atom. The Labute approximate surface area is 62.1 Å². The second-order valence-electron chi connectivity index (χ2n) is 3.00. The molecule has 0 saturated heterocycles. The summed E-state index contributed by atoms with van der Waals surface area (Å²) in [6.07, 6.45) is 2.57. The largest absolute Gasteiger partial charge is 0.330 e. The van der Waals surface area contributed by atoms with Gasteiger partial charge in [-0.2, -0.15) is 0 Å². The van der Waals surface area contributed by atoms with Gasteiger partial charge in [0.2, 0.25) is 6.29 Å². The molecule has 2 N–H and O–H groups in total. The molecule has 0 heterocycles. The van der Waals surface area contributed by atoms with Crippen LogP contribution in [0.3, 0.4) is 0 Å². The van der Waals surface area contributed by atoms with E-state index in [0.29, 0.717) is 12.1 Å². The molecular formula is C8H14NO. The summed E-state index contributed by atoms with van der Waals surface area (Å²) in [7, 11) is 0. The summed E-state index contributed by atoms with van der Waals surface area (Å²) >= 11 is 0. The van der Waals surface area contributed by atoms with Crippen molar-refractivity contribution in [3.8, 4) is 0 Å². The lowest BCUT2D eigenvalue weighted by atomic mass is 9.83. The quantitative estimate of drug-likeness (QED) is 0.592. The normalized spacial score (nSPS) is 11.1. The van der Waals surface area contributed by atoms with Crippen molar-refractivity contribution in [1.29, 1.82) is 0 Å². The van der Waals surface area contributed by atoms with Gasteiger partial charge in [-0.05, 0) is 18.4 Å². The van der Waals surface area contributed by atoms with Crippen LogP contribution >= 0.6 is 0 Å². The molecule has 0 saturated carbocycles. The minimum atomic E-state index is -0.184. The van der Waals surface area contributed by atoms with Crippen LogP contribution in [-0.2, 0) is 4.79 Å². The molecule has 57 valence electrons. The molecule has 0 rings (SSSR count). The van der Waals surface area contributed by atoms with Crippen molar-refractivity contribution in [3.05, 3.63) is 12.2 Å². The summed E-state index contributed by atoms with van der Waals surface area (Å²) < 4.78 is 0. The van der Waals surface area contributed by atoms with Gasteiger partial charge in [0.25, 0.3) is 0 Å². The van der Waals surface area contributed by atoms with Crippen LogP contribution in [0.25, 0.3) is 0 Å². The topological polar surface area (TPSA) is 43.1 Å². The van der Waals surface area contributed by atoms with Gasteiger partial charge in [0.1, 0.15) is 0 Å². The zero-order chi connectivity index (χ0) is 8.20.